The molecule has 1 saturated heterocycles. The normalized spacial score (nSPS) is 19.8. The highest BCUT2D eigenvalue weighted by Gasteiger charge is 2.40. The Morgan fingerprint density at radius 3 is 2.32 bits per heavy atom. The summed E-state index contributed by atoms with van der Waals surface area (Å²) >= 11 is 0. The van der Waals surface area contributed by atoms with Gasteiger partial charge in [-0.1, -0.05) is 30.8 Å². The third-order valence-electron chi connectivity index (χ3n) is 3.90. The van der Waals surface area contributed by atoms with Crippen molar-refractivity contribution in [2.24, 2.45) is 5.92 Å². The molecule has 0 spiro atoms. The summed E-state index contributed by atoms with van der Waals surface area (Å²) in [6, 6.07) is 10.1. The molecule has 0 aliphatic carbocycles. The van der Waals surface area contributed by atoms with E-state index in [0.29, 0.717) is 5.69 Å². The molecule has 1 aliphatic rings. The molecule has 0 radical (unpaired) electrons. The molecule has 0 bridgehead atoms. The van der Waals surface area contributed by atoms with Crippen LogP contribution in [-0.4, -0.2) is 11.9 Å². The second kappa shape index (κ2) is 6.72. The van der Waals surface area contributed by atoms with Crippen LogP contribution in [0.1, 0.15) is 11.6 Å². The van der Waals surface area contributed by atoms with E-state index in [0.717, 1.165) is 12.1 Å². The molecular weight excluding hydrogens is 328 g/mol. The number of benzene rings is 2. The van der Waals surface area contributed by atoms with Crippen molar-refractivity contribution in [1.29, 1.82) is 0 Å². The minimum Gasteiger partial charge on any atom is -0.330 e. The molecule has 128 valence electrons. The molecule has 1 aliphatic heterocycles. The van der Waals surface area contributed by atoms with Gasteiger partial charge in [0, 0.05) is 16.9 Å². The van der Waals surface area contributed by atoms with Crippen LogP contribution in [0.5, 0.6) is 0 Å². The SMILES string of the molecule is C=C1NC(=O)N[C@H](c2c(F)cccc2F)[C@H]1C(=O)Nc1ccccc1. The molecule has 25 heavy (non-hydrogen) atoms. The van der Waals surface area contributed by atoms with Crippen molar-refractivity contribution < 1.29 is 18.4 Å². The van der Waals surface area contributed by atoms with Crippen molar-refractivity contribution in [3.63, 3.8) is 0 Å². The van der Waals surface area contributed by atoms with Crippen LogP contribution >= 0.6 is 0 Å². The smallest absolute Gasteiger partial charge is 0.319 e. The summed E-state index contributed by atoms with van der Waals surface area (Å²) in [4.78, 5) is 24.4. The second-order valence-electron chi connectivity index (χ2n) is 5.57. The van der Waals surface area contributed by atoms with Gasteiger partial charge in [-0.05, 0) is 24.3 Å². The first kappa shape index (κ1) is 16.6. The zero-order chi connectivity index (χ0) is 18.0. The fourth-order valence-corrected chi connectivity index (χ4v) is 2.78. The van der Waals surface area contributed by atoms with E-state index in [9.17, 15) is 18.4 Å². The summed E-state index contributed by atoms with van der Waals surface area (Å²) < 4.78 is 28.4. The first-order valence-electron chi connectivity index (χ1n) is 7.53. The summed E-state index contributed by atoms with van der Waals surface area (Å²) in [6.45, 7) is 3.67. The largest absolute Gasteiger partial charge is 0.330 e. The highest BCUT2D eigenvalue weighted by molar-refractivity contribution is 5.97. The number of hydrogen-bond donors (Lipinski definition) is 3. The molecule has 7 heteroatoms. The number of amides is 3. The number of carbonyl (C=O) groups excluding carboxylic acids is 2. The lowest BCUT2D eigenvalue weighted by Gasteiger charge is -2.34. The summed E-state index contributed by atoms with van der Waals surface area (Å²) in [5.74, 6) is -3.34. The van der Waals surface area contributed by atoms with Gasteiger partial charge in [0.25, 0.3) is 0 Å². The summed E-state index contributed by atoms with van der Waals surface area (Å²) in [5, 5.41) is 7.45. The van der Waals surface area contributed by atoms with Crippen LogP contribution in [0.2, 0.25) is 0 Å². The Morgan fingerprint density at radius 2 is 1.68 bits per heavy atom. The van der Waals surface area contributed by atoms with Crippen molar-refractivity contribution in [3.05, 3.63) is 78.0 Å². The van der Waals surface area contributed by atoms with Crippen molar-refractivity contribution >= 4 is 17.6 Å². The van der Waals surface area contributed by atoms with Gasteiger partial charge >= 0.3 is 6.03 Å². The third-order valence-corrected chi connectivity index (χ3v) is 3.90. The first-order chi connectivity index (χ1) is 12.0. The lowest BCUT2D eigenvalue weighted by atomic mass is 9.87. The highest BCUT2D eigenvalue weighted by Crippen LogP contribution is 2.33. The number of urea groups is 1. The number of para-hydroxylation sites is 1. The van der Waals surface area contributed by atoms with Crippen LogP contribution < -0.4 is 16.0 Å². The number of rotatable bonds is 3. The van der Waals surface area contributed by atoms with Crippen LogP contribution in [0.4, 0.5) is 19.3 Å². The molecular formula is C18H15F2N3O2. The Morgan fingerprint density at radius 1 is 1.04 bits per heavy atom. The van der Waals surface area contributed by atoms with Gasteiger partial charge in [-0.15, -0.1) is 0 Å². The summed E-state index contributed by atoms with van der Waals surface area (Å²) in [7, 11) is 0. The lowest BCUT2D eigenvalue weighted by molar-refractivity contribution is -0.119. The van der Waals surface area contributed by atoms with Crippen molar-refractivity contribution in [2.45, 2.75) is 6.04 Å². The molecule has 0 aromatic heterocycles. The summed E-state index contributed by atoms with van der Waals surface area (Å²) in [6.07, 6.45) is 0. The van der Waals surface area contributed by atoms with Gasteiger partial charge in [0.05, 0.1) is 6.04 Å². The maximum absolute atomic E-state index is 14.2. The van der Waals surface area contributed by atoms with Crippen LogP contribution in [0.25, 0.3) is 0 Å². The van der Waals surface area contributed by atoms with Gasteiger partial charge in [-0.2, -0.15) is 0 Å². The monoisotopic (exact) mass is 343 g/mol. The maximum Gasteiger partial charge on any atom is 0.319 e. The number of hydrogen-bond acceptors (Lipinski definition) is 2. The van der Waals surface area contributed by atoms with E-state index < -0.39 is 35.5 Å². The van der Waals surface area contributed by atoms with Crippen LogP contribution in [0, 0.1) is 17.6 Å². The van der Waals surface area contributed by atoms with E-state index >= 15 is 0 Å². The molecule has 1 fully saturated rings. The Balaban J connectivity index is 1.97. The van der Waals surface area contributed by atoms with Crippen molar-refractivity contribution in [1.82, 2.24) is 10.6 Å². The van der Waals surface area contributed by atoms with Gasteiger partial charge in [-0.25, -0.2) is 13.6 Å². The fourth-order valence-electron chi connectivity index (χ4n) is 2.78. The minimum atomic E-state index is -1.22. The molecule has 2 atom stereocenters. The third kappa shape index (κ3) is 3.35. The Labute approximate surface area is 142 Å². The van der Waals surface area contributed by atoms with Crippen LogP contribution in [-0.2, 0) is 4.79 Å². The van der Waals surface area contributed by atoms with E-state index in [4.69, 9.17) is 0 Å². The fraction of sp³-hybridized carbons (Fsp3) is 0.111. The molecule has 3 N–H and O–H groups in total. The second-order valence-corrected chi connectivity index (χ2v) is 5.57. The molecule has 3 amide bonds. The number of carbonyl (C=O) groups is 2. The quantitative estimate of drug-likeness (QED) is 0.801. The molecule has 5 nitrogen and oxygen atoms in total. The molecule has 2 aromatic rings. The predicted molar refractivity (Wildman–Crippen MR) is 88.5 cm³/mol. The van der Waals surface area contributed by atoms with Gasteiger partial charge < -0.3 is 16.0 Å². The highest BCUT2D eigenvalue weighted by atomic mass is 19.1. The van der Waals surface area contributed by atoms with E-state index in [-0.39, 0.29) is 11.3 Å². The summed E-state index contributed by atoms with van der Waals surface area (Å²) in [5.41, 5.74) is 0.196. The number of anilines is 1. The van der Waals surface area contributed by atoms with Gasteiger partial charge in [0.2, 0.25) is 5.91 Å². The zero-order valence-corrected chi connectivity index (χ0v) is 13.1. The van der Waals surface area contributed by atoms with Crippen molar-refractivity contribution in [2.75, 3.05) is 5.32 Å². The van der Waals surface area contributed by atoms with Crippen LogP contribution in [0.15, 0.2) is 60.8 Å². The number of nitrogens with one attached hydrogen (secondary N) is 3. The average molecular weight is 343 g/mol. The first-order valence-corrected chi connectivity index (χ1v) is 7.53. The molecule has 0 saturated carbocycles. The molecule has 3 rings (SSSR count). The molecule has 1 heterocycles. The molecule has 2 aromatic carbocycles. The van der Waals surface area contributed by atoms with E-state index in [2.05, 4.69) is 22.5 Å². The number of halogens is 2. The minimum absolute atomic E-state index is 0.0600. The van der Waals surface area contributed by atoms with Gasteiger partial charge in [0.15, 0.2) is 0 Å². The maximum atomic E-state index is 14.2. The Hall–Kier alpha value is -3.22. The zero-order valence-electron chi connectivity index (χ0n) is 13.1. The van der Waals surface area contributed by atoms with Crippen molar-refractivity contribution in [3.8, 4) is 0 Å². The Bertz CT molecular complexity index is 819. The van der Waals surface area contributed by atoms with E-state index in [1.807, 2.05) is 0 Å². The predicted octanol–water partition coefficient (Wildman–Crippen LogP) is 3.09. The van der Waals surface area contributed by atoms with Crippen LogP contribution in [0.3, 0.4) is 0 Å². The topological polar surface area (TPSA) is 70.2 Å². The average Bonchev–Trinajstić information content (AvgIpc) is 2.55. The standard InChI is InChI=1S/C18H15F2N3O2/c1-10-14(17(24)22-11-6-3-2-4-7-11)16(23-18(25)21-10)15-12(19)8-5-9-13(15)20/h2-9,14,16H,1H2,(H,22,24)(H2,21,23,25)/t14-,16-/m0/s1. The van der Waals surface area contributed by atoms with E-state index in [1.54, 1.807) is 30.3 Å². The van der Waals surface area contributed by atoms with Gasteiger partial charge in [-0.3, -0.25) is 4.79 Å². The lowest BCUT2D eigenvalue weighted by Crippen LogP contribution is -2.52. The Kier molecular flexibility index (Phi) is 4.47. The van der Waals surface area contributed by atoms with Gasteiger partial charge in [0.1, 0.15) is 17.6 Å². The molecule has 0 unspecified atom stereocenters. The van der Waals surface area contributed by atoms with E-state index in [1.165, 1.54) is 6.07 Å².